The number of rotatable bonds is 6. The molecule has 0 unspecified atom stereocenters. The third-order valence-corrected chi connectivity index (χ3v) is 7.46. The molecule has 0 amide bonds. The van der Waals surface area contributed by atoms with E-state index >= 15 is 0 Å². The van der Waals surface area contributed by atoms with Crippen molar-refractivity contribution in [2.45, 2.75) is 24.5 Å². The second-order valence-electron chi connectivity index (χ2n) is 5.04. The first kappa shape index (κ1) is 16.4. The van der Waals surface area contributed by atoms with Crippen LogP contribution in [-0.4, -0.2) is 19.9 Å². The summed E-state index contributed by atoms with van der Waals surface area (Å²) in [6, 6.07) is 5.37. The summed E-state index contributed by atoms with van der Waals surface area (Å²) in [6.07, 6.45) is 2.30. The Morgan fingerprint density at radius 3 is 2.74 bits per heavy atom. The molecule has 122 valence electrons. The fourth-order valence-corrected chi connectivity index (χ4v) is 5.34. The van der Waals surface area contributed by atoms with Crippen LogP contribution in [0.25, 0.3) is 10.6 Å². The van der Waals surface area contributed by atoms with Crippen molar-refractivity contribution in [3.8, 4) is 10.6 Å². The average molecular weight is 369 g/mol. The smallest absolute Gasteiger partial charge is 0.250 e. The van der Waals surface area contributed by atoms with E-state index in [1.165, 1.54) is 21.8 Å². The zero-order valence-electron chi connectivity index (χ0n) is 12.7. The van der Waals surface area contributed by atoms with Crippen molar-refractivity contribution in [3.63, 3.8) is 0 Å². The molecule has 0 aliphatic rings. The molecule has 0 aromatic carbocycles. The van der Waals surface area contributed by atoms with E-state index in [0.29, 0.717) is 24.6 Å². The Balaban J connectivity index is 1.68. The molecule has 23 heavy (non-hydrogen) atoms. The SMILES string of the molecule is Cc1ncc(-c2ccc(S(=O)(=O)NCCc3sccc3C)s2)o1. The monoisotopic (exact) mass is 368 g/mol. The Hall–Kier alpha value is -1.48. The Bertz CT molecular complexity index is 906. The van der Waals surface area contributed by atoms with Gasteiger partial charge in [0.05, 0.1) is 11.1 Å². The Morgan fingerprint density at radius 1 is 1.26 bits per heavy atom. The number of hydrogen-bond donors (Lipinski definition) is 1. The normalized spacial score (nSPS) is 11.9. The lowest BCUT2D eigenvalue weighted by atomic mass is 10.2. The van der Waals surface area contributed by atoms with Gasteiger partial charge in [0.1, 0.15) is 4.21 Å². The van der Waals surface area contributed by atoms with E-state index in [9.17, 15) is 8.42 Å². The quantitative estimate of drug-likeness (QED) is 0.721. The topological polar surface area (TPSA) is 72.2 Å². The van der Waals surface area contributed by atoms with Crippen molar-refractivity contribution < 1.29 is 12.8 Å². The summed E-state index contributed by atoms with van der Waals surface area (Å²) in [5.41, 5.74) is 1.20. The molecule has 0 aliphatic carbocycles. The molecule has 3 rings (SSSR count). The van der Waals surface area contributed by atoms with Crippen LogP contribution in [0.1, 0.15) is 16.3 Å². The molecule has 0 saturated heterocycles. The van der Waals surface area contributed by atoms with Gasteiger partial charge in [0.25, 0.3) is 0 Å². The minimum Gasteiger partial charge on any atom is -0.440 e. The molecular formula is C15H16N2O3S3. The predicted octanol–water partition coefficient (Wildman–Crippen LogP) is 3.60. The molecule has 0 atom stereocenters. The number of aromatic nitrogens is 1. The van der Waals surface area contributed by atoms with Crippen LogP contribution in [0.3, 0.4) is 0 Å². The van der Waals surface area contributed by atoms with Crippen LogP contribution in [0.2, 0.25) is 0 Å². The third-order valence-electron chi connectivity index (χ3n) is 3.32. The highest BCUT2D eigenvalue weighted by Gasteiger charge is 2.18. The highest BCUT2D eigenvalue weighted by Crippen LogP contribution is 2.31. The van der Waals surface area contributed by atoms with Crippen molar-refractivity contribution in [1.29, 1.82) is 0 Å². The van der Waals surface area contributed by atoms with Gasteiger partial charge in [-0.25, -0.2) is 18.1 Å². The summed E-state index contributed by atoms with van der Waals surface area (Å²) >= 11 is 2.82. The number of oxazole rings is 1. The largest absolute Gasteiger partial charge is 0.440 e. The first-order valence-electron chi connectivity index (χ1n) is 7.01. The van der Waals surface area contributed by atoms with Crippen LogP contribution >= 0.6 is 22.7 Å². The maximum absolute atomic E-state index is 12.4. The van der Waals surface area contributed by atoms with E-state index in [0.717, 1.165) is 4.88 Å². The van der Waals surface area contributed by atoms with Gasteiger partial charge in [0.2, 0.25) is 10.0 Å². The molecule has 3 heterocycles. The standard InChI is InChI=1S/C15H16N2O3S3/c1-10-6-8-21-13(10)5-7-17-23(18,19)15-4-3-14(22-15)12-9-16-11(2)20-12/h3-4,6,8-9,17H,5,7H2,1-2H3. The molecule has 0 bridgehead atoms. The van der Waals surface area contributed by atoms with Gasteiger partial charge in [-0.3, -0.25) is 0 Å². The Morgan fingerprint density at radius 2 is 2.09 bits per heavy atom. The van der Waals surface area contributed by atoms with E-state index in [1.54, 1.807) is 36.6 Å². The summed E-state index contributed by atoms with van der Waals surface area (Å²) in [5, 5.41) is 2.02. The third kappa shape index (κ3) is 3.72. The van der Waals surface area contributed by atoms with E-state index in [1.807, 2.05) is 18.4 Å². The van der Waals surface area contributed by atoms with E-state index < -0.39 is 10.0 Å². The maximum atomic E-state index is 12.4. The van der Waals surface area contributed by atoms with Gasteiger partial charge in [0.15, 0.2) is 11.7 Å². The Labute approximate surface area is 143 Å². The molecule has 3 aromatic heterocycles. The van der Waals surface area contributed by atoms with Crippen LogP contribution in [-0.2, 0) is 16.4 Å². The summed E-state index contributed by atoms with van der Waals surface area (Å²) in [5.74, 6) is 1.14. The zero-order chi connectivity index (χ0) is 16.4. The number of hydrogen-bond acceptors (Lipinski definition) is 6. The molecule has 0 spiro atoms. The van der Waals surface area contributed by atoms with Crippen LogP contribution in [0.4, 0.5) is 0 Å². The average Bonchev–Trinajstić information content (AvgIpc) is 3.20. The lowest BCUT2D eigenvalue weighted by Crippen LogP contribution is -2.25. The van der Waals surface area contributed by atoms with Gasteiger partial charge in [-0.1, -0.05) is 0 Å². The molecular weight excluding hydrogens is 352 g/mol. The van der Waals surface area contributed by atoms with Crippen molar-refractivity contribution in [2.75, 3.05) is 6.54 Å². The predicted molar refractivity (Wildman–Crippen MR) is 92.5 cm³/mol. The number of thiophene rings is 2. The van der Waals surface area contributed by atoms with Gasteiger partial charge in [-0.15, -0.1) is 22.7 Å². The maximum Gasteiger partial charge on any atom is 0.250 e. The summed E-state index contributed by atoms with van der Waals surface area (Å²) < 4.78 is 33.1. The molecule has 3 aromatic rings. The van der Waals surface area contributed by atoms with Crippen molar-refractivity contribution in [3.05, 3.63) is 46.1 Å². The lowest BCUT2D eigenvalue weighted by Gasteiger charge is -2.04. The first-order chi connectivity index (χ1) is 11.0. The fourth-order valence-electron chi connectivity index (χ4n) is 2.10. The highest BCUT2D eigenvalue weighted by molar-refractivity contribution is 7.91. The Kier molecular flexibility index (Phi) is 4.67. The molecule has 8 heteroatoms. The highest BCUT2D eigenvalue weighted by atomic mass is 32.2. The van der Waals surface area contributed by atoms with Crippen LogP contribution in [0.15, 0.2) is 38.4 Å². The molecule has 0 aliphatic heterocycles. The fraction of sp³-hybridized carbons (Fsp3) is 0.267. The molecule has 5 nitrogen and oxygen atoms in total. The zero-order valence-corrected chi connectivity index (χ0v) is 15.1. The van der Waals surface area contributed by atoms with E-state index in [4.69, 9.17) is 4.42 Å². The first-order valence-corrected chi connectivity index (χ1v) is 10.2. The molecule has 0 saturated carbocycles. The van der Waals surface area contributed by atoms with Gasteiger partial charge in [-0.2, -0.15) is 0 Å². The summed E-state index contributed by atoms with van der Waals surface area (Å²) in [6.45, 7) is 4.17. The van der Waals surface area contributed by atoms with E-state index in [2.05, 4.69) is 9.71 Å². The minimum absolute atomic E-state index is 0.282. The van der Waals surface area contributed by atoms with Crippen LogP contribution < -0.4 is 4.72 Å². The second-order valence-corrected chi connectivity index (χ2v) is 9.12. The van der Waals surface area contributed by atoms with Gasteiger partial charge in [0, 0.05) is 18.3 Å². The number of aryl methyl sites for hydroxylation is 2. The lowest BCUT2D eigenvalue weighted by molar-refractivity contribution is 0.535. The van der Waals surface area contributed by atoms with E-state index in [-0.39, 0.29) is 4.21 Å². The van der Waals surface area contributed by atoms with Crippen LogP contribution in [0, 0.1) is 13.8 Å². The van der Waals surface area contributed by atoms with Gasteiger partial charge >= 0.3 is 0 Å². The van der Waals surface area contributed by atoms with Crippen molar-refractivity contribution in [2.24, 2.45) is 0 Å². The molecule has 1 N–H and O–H groups in total. The molecule has 0 radical (unpaired) electrons. The van der Waals surface area contributed by atoms with Crippen molar-refractivity contribution >= 4 is 32.7 Å². The number of nitrogens with one attached hydrogen (secondary N) is 1. The minimum atomic E-state index is -3.50. The van der Waals surface area contributed by atoms with Gasteiger partial charge in [-0.05, 0) is 42.5 Å². The molecule has 0 fully saturated rings. The van der Waals surface area contributed by atoms with Crippen LogP contribution in [0.5, 0.6) is 0 Å². The summed E-state index contributed by atoms with van der Waals surface area (Å²) in [7, 11) is -3.50. The number of sulfonamides is 1. The summed E-state index contributed by atoms with van der Waals surface area (Å²) in [4.78, 5) is 5.98. The van der Waals surface area contributed by atoms with Crippen molar-refractivity contribution in [1.82, 2.24) is 9.71 Å². The number of nitrogens with zero attached hydrogens (tertiary/aromatic N) is 1. The van der Waals surface area contributed by atoms with Gasteiger partial charge < -0.3 is 4.42 Å². The second kappa shape index (κ2) is 6.56.